The minimum atomic E-state index is 0.0919. The van der Waals surface area contributed by atoms with Gasteiger partial charge in [0, 0.05) is 12.0 Å². The van der Waals surface area contributed by atoms with Gasteiger partial charge in [-0.3, -0.25) is 4.79 Å². The molecule has 0 radical (unpaired) electrons. The topological polar surface area (TPSA) is 38.3 Å². The van der Waals surface area contributed by atoms with Crippen molar-refractivity contribution in [3.8, 4) is 5.75 Å². The van der Waals surface area contributed by atoms with Gasteiger partial charge in [-0.2, -0.15) is 11.8 Å². The van der Waals surface area contributed by atoms with Crippen LogP contribution in [-0.4, -0.2) is 24.5 Å². The van der Waals surface area contributed by atoms with E-state index in [4.69, 9.17) is 4.74 Å². The second-order valence-corrected chi connectivity index (χ2v) is 4.59. The Hall–Kier alpha value is -1.16. The predicted octanol–water partition coefficient (Wildman–Crippen LogP) is 1.99. The standard InChI is InChI=1S/C12H15NO2S/c1-16-8-12(14)13-10-6-7-15-11-5-3-2-4-9(10)11/h2-5,10H,6-8H2,1H3,(H,13,14). The molecule has 1 aromatic carbocycles. The first-order valence-corrected chi connectivity index (χ1v) is 6.70. The highest BCUT2D eigenvalue weighted by atomic mass is 32.2. The lowest BCUT2D eigenvalue weighted by Gasteiger charge is -2.26. The average Bonchev–Trinajstić information content (AvgIpc) is 2.30. The second-order valence-electron chi connectivity index (χ2n) is 3.73. The molecule has 0 saturated carbocycles. The number of hydrogen-bond acceptors (Lipinski definition) is 3. The maximum absolute atomic E-state index is 11.5. The van der Waals surface area contributed by atoms with Crippen LogP contribution in [-0.2, 0) is 4.79 Å². The van der Waals surface area contributed by atoms with Gasteiger partial charge in [-0.05, 0) is 12.3 Å². The maximum atomic E-state index is 11.5. The Morgan fingerprint density at radius 3 is 3.19 bits per heavy atom. The van der Waals surface area contributed by atoms with Crippen molar-refractivity contribution >= 4 is 17.7 Å². The zero-order chi connectivity index (χ0) is 11.4. The fourth-order valence-corrected chi connectivity index (χ4v) is 2.20. The van der Waals surface area contributed by atoms with Gasteiger partial charge in [0.05, 0.1) is 18.4 Å². The number of thioether (sulfide) groups is 1. The summed E-state index contributed by atoms with van der Waals surface area (Å²) in [5, 5.41) is 3.04. The van der Waals surface area contributed by atoms with E-state index in [9.17, 15) is 4.79 Å². The van der Waals surface area contributed by atoms with E-state index in [1.54, 1.807) is 0 Å². The van der Waals surface area contributed by atoms with Gasteiger partial charge < -0.3 is 10.1 Å². The van der Waals surface area contributed by atoms with Crippen molar-refractivity contribution in [1.82, 2.24) is 5.32 Å². The minimum Gasteiger partial charge on any atom is -0.493 e. The fraction of sp³-hybridized carbons (Fsp3) is 0.417. The molecule has 1 aliphatic heterocycles. The van der Waals surface area contributed by atoms with Crippen LogP contribution < -0.4 is 10.1 Å². The Morgan fingerprint density at radius 1 is 1.56 bits per heavy atom. The fourth-order valence-electron chi connectivity index (χ4n) is 1.86. The van der Waals surface area contributed by atoms with E-state index in [2.05, 4.69) is 5.32 Å². The van der Waals surface area contributed by atoms with Gasteiger partial charge in [0.1, 0.15) is 5.75 Å². The third-order valence-corrected chi connectivity index (χ3v) is 3.12. The van der Waals surface area contributed by atoms with Crippen molar-refractivity contribution in [2.75, 3.05) is 18.6 Å². The number of fused-ring (bicyclic) bond motifs is 1. The van der Waals surface area contributed by atoms with Gasteiger partial charge in [0.25, 0.3) is 0 Å². The number of hydrogen-bond donors (Lipinski definition) is 1. The number of benzene rings is 1. The molecule has 2 rings (SSSR count). The smallest absolute Gasteiger partial charge is 0.230 e. The van der Waals surface area contributed by atoms with Crippen molar-refractivity contribution < 1.29 is 9.53 Å². The molecule has 1 unspecified atom stereocenters. The normalized spacial score (nSPS) is 18.4. The number of amides is 1. The number of carbonyl (C=O) groups is 1. The monoisotopic (exact) mass is 237 g/mol. The molecule has 1 atom stereocenters. The number of rotatable bonds is 3. The van der Waals surface area contributed by atoms with Crippen LogP contribution >= 0.6 is 11.8 Å². The molecule has 1 aromatic rings. The van der Waals surface area contributed by atoms with E-state index < -0.39 is 0 Å². The number of carbonyl (C=O) groups excluding carboxylic acids is 1. The number of nitrogens with one attached hydrogen (secondary N) is 1. The molecular weight excluding hydrogens is 222 g/mol. The lowest BCUT2D eigenvalue weighted by Crippen LogP contribution is -2.33. The lowest BCUT2D eigenvalue weighted by molar-refractivity contribution is -0.119. The SMILES string of the molecule is CSCC(=O)NC1CCOc2ccccc21. The Kier molecular flexibility index (Phi) is 3.72. The molecule has 1 amide bonds. The van der Waals surface area contributed by atoms with Crippen LogP contribution in [0.2, 0.25) is 0 Å². The third-order valence-electron chi connectivity index (χ3n) is 2.57. The summed E-state index contributed by atoms with van der Waals surface area (Å²) < 4.78 is 5.54. The molecular formula is C12H15NO2S. The molecule has 0 aromatic heterocycles. The second kappa shape index (κ2) is 5.25. The van der Waals surface area contributed by atoms with Crippen LogP contribution in [0.4, 0.5) is 0 Å². The molecule has 1 N–H and O–H groups in total. The van der Waals surface area contributed by atoms with Gasteiger partial charge >= 0.3 is 0 Å². The lowest BCUT2D eigenvalue weighted by atomic mass is 10.0. The van der Waals surface area contributed by atoms with Crippen molar-refractivity contribution in [2.45, 2.75) is 12.5 Å². The van der Waals surface area contributed by atoms with Crippen LogP contribution in [0.15, 0.2) is 24.3 Å². The first-order valence-electron chi connectivity index (χ1n) is 5.31. The van der Waals surface area contributed by atoms with E-state index >= 15 is 0 Å². The molecule has 0 saturated heterocycles. The predicted molar refractivity (Wildman–Crippen MR) is 65.8 cm³/mol. The van der Waals surface area contributed by atoms with Gasteiger partial charge in [0.2, 0.25) is 5.91 Å². The first-order chi connectivity index (χ1) is 7.81. The summed E-state index contributed by atoms with van der Waals surface area (Å²) in [5.74, 6) is 1.50. The Bertz CT molecular complexity index is 381. The maximum Gasteiger partial charge on any atom is 0.230 e. The van der Waals surface area contributed by atoms with Crippen molar-refractivity contribution in [3.63, 3.8) is 0 Å². The summed E-state index contributed by atoms with van der Waals surface area (Å²) >= 11 is 1.54. The molecule has 3 nitrogen and oxygen atoms in total. The van der Waals surface area contributed by atoms with E-state index in [0.717, 1.165) is 17.7 Å². The van der Waals surface area contributed by atoms with Crippen LogP contribution in [0, 0.1) is 0 Å². The molecule has 1 heterocycles. The van der Waals surface area contributed by atoms with E-state index in [1.807, 2.05) is 30.5 Å². The van der Waals surface area contributed by atoms with Gasteiger partial charge in [-0.25, -0.2) is 0 Å². The quantitative estimate of drug-likeness (QED) is 0.873. The van der Waals surface area contributed by atoms with Crippen LogP contribution in [0.1, 0.15) is 18.0 Å². The highest BCUT2D eigenvalue weighted by molar-refractivity contribution is 7.99. The molecule has 16 heavy (non-hydrogen) atoms. The van der Waals surface area contributed by atoms with Crippen molar-refractivity contribution in [1.29, 1.82) is 0 Å². The van der Waals surface area contributed by atoms with E-state index in [1.165, 1.54) is 11.8 Å². The highest BCUT2D eigenvalue weighted by Crippen LogP contribution is 2.31. The largest absolute Gasteiger partial charge is 0.493 e. The van der Waals surface area contributed by atoms with Crippen LogP contribution in [0.3, 0.4) is 0 Å². The van der Waals surface area contributed by atoms with Crippen LogP contribution in [0.5, 0.6) is 5.75 Å². The molecule has 0 fully saturated rings. The highest BCUT2D eigenvalue weighted by Gasteiger charge is 2.21. The summed E-state index contributed by atoms with van der Waals surface area (Å²) in [5.41, 5.74) is 1.09. The summed E-state index contributed by atoms with van der Waals surface area (Å²) in [6.07, 6.45) is 2.77. The first kappa shape index (κ1) is 11.3. The molecule has 86 valence electrons. The minimum absolute atomic E-state index is 0.0919. The van der Waals surface area contributed by atoms with Crippen molar-refractivity contribution in [2.24, 2.45) is 0 Å². The number of ether oxygens (including phenoxy) is 1. The average molecular weight is 237 g/mol. The van der Waals surface area contributed by atoms with Gasteiger partial charge in [-0.15, -0.1) is 0 Å². The number of para-hydroxylation sites is 1. The molecule has 4 heteroatoms. The summed E-state index contributed by atoms with van der Waals surface area (Å²) in [6.45, 7) is 0.668. The Balaban J connectivity index is 2.10. The zero-order valence-electron chi connectivity index (χ0n) is 9.23. The summed E-state index contributed by atoms with van der Waals surface area (Å²) in [6, 6.07) is 7.98. The van der Waals surface area contributed by atoms with E-state index in [0.29, 0.717) is 12.4 Å². The summed E-state index contributed by atoms with van der Waals surface area (Å²) in [7, 11) is 0. The van der Waals surface area contributed by atoms with Gasteiger partial charge in [-0.1, -0.05) is 18.2 Å². The molecule has 0 spiro atoms. The zero-order valence-corrected chi connectivity index (χ0v) is 10.0. The molecule has 1 aliphatic rings. The molecule has 0 bridgehead atoms. The third kappa shape index (κ3) is 2.50. The summed E-state index contributed by atoms with van der Waals surface area (Å²) in [4.78, 5) is 11.5. The van der Waals surface area contributed by atoms with Crippen LogP contribution in [0.25, 0.3) is 0 Å². The van der Waals surface area contributed by atoms with Gasteiger partial charge in [0.15, 0.2) is 0 Å². The Morgan fingerprint density at radius 2 is 2.38 bits per heavy atom. The van der Waals surface area contributed by atoms with E-state index in [-0.39, 0.29) is 11.9 Å². The Labute approximate surface area is 99.6 Å². The van der Waals surface area contributed by atoms with Crippen molar-refractivity contribution in [3.05, 3.63) is 29.8 Å². The molecule has 0 aliphatic carbocycles.